The van der Waals surface area contributed by atoms with Gasteiger partial charge < -0.3 is 5.11 Å². The molecule has 5 rings (SSSR count). The van der Waals surface area contributed by atoms with Crippen LogP contribution in [0, 0.1) is 23.2 Å². The number of nitrogens with zero attached hydrogens (tertiary/aromatic N) is 2. The summed E-state index contributed by atoms with van der Waals surface area (Å²) in [6, 6.07) is 1.46. The monoisotopic (exact) mass is 274 g/mol. The fraction of sp³-hybridized carbons (Fsp3) is 0.750. The topological polar surface area (TPSA) is 55.1 Å². The maximum absolute atomic E-state index is 11.8. The van der Waals surface area contributed by atoms with E-state index in [0.717, 1.165) is 37.0 Å². The Bertz CT molecular complexity index is 530. The SMILES string of the molecule is O=c1ccncn1CC(O)C12CC3CC(CC(C3)C1)C2. The molecule has 108 valence electrons. The Morgan fingerprint density at radius 2 is 1.85 bits per heavy atom. The summed E-state index contributed by atoms with van der Waals surface area (Å²) in [6.07, 6.45) is 10.3. The first kappa shape index (κ1) is 12.6. The molecule has 4 nitrogen and oxygen atoms in total. The van der Waals surface area contributed by atoms with Crippen molar-refractivity contribution in [3.63, 3.8) is 0 Å². The molecule has 20 heavy (non-hydrogen) atoms. The Morgan fingerprint density at radius 1 is 1.25 bits per heavy atom. The summed E-state index contributed by atoms with van der Waals surface area (Å²) in [7, 11) is 0. The molecule has 4 fully saturated rings. The van der Waals surface area contributed by atoms with Gasteiger partial charge in [0.1, 0.15) is 0 Å². The lowest BCUT2D eigenvalue weighted by atomic mass is 9.48. The number of rotatable bonds is 3. The lowest BCUT2D eigenvalue weighted by Gasteiger charge is -2.58. The van der Waals surface area contributed by atoms with Crippen molar-refractivity contribution in [1.29, 1.82) is 0 Å². The van der Waals surface area contributed by atoms with Gasteiger partial charge in [-0.1, -0.05) is 0 Å². The number of aliphatic hydroxyl groups is 1. The molecule has 0 radical (unpaired) electrons. The third-order valence-electron chi connectivity index (χ3n) is 5.95. The maximum Gasteiger partial charge on any atom is 0.253 e. The largest absolute Gasteiger partial charge is 0.391 e. The number of aromatic nitrogens is 2. The van der Waals surface area contributed by atoms with E-state index in [0.29, 0.717) is 6.54 Å². The van der Waals surface area contributed by atoms with Crippen LogP contribution in [0.3, 0.4) is 0 Å². The van der Waals surface area contributed by atoms with E-state index in [2.05, 4.69) is 4.98 Å². The van der Waals surface area contributed by atoms with Crippen molar-refractivity contribution in [1.82, 2.24) is 9.55 Å². The van der Waals surface area contributed by atoms with Crippen LogP contribution in [0.1, 0.15) is 38.5 Å². The highest BCUT2D eigenvalue weighted by atomic mass is 16.3. The summed E-state index contributed by atoms with van der Waals surface area (Å²) in [5.74, 6) is 2.46. The Morgan fingerprint density at radius 3 is 2.40 bits per heavy atom. The zero-order valence-electron chi connectivity index (χ0n) is 11.7. The predicted molar refractivity (Wildman–Crippen MR) is 75.1 cm³/mol. The van der Waals surface area contributed by atoms with Crippen molar-refractivity contribution in [3.8, 4) is 0 Å². The summed E-state index contributed by atoms with van der Waals surface area (Å²) in [5.41, 5.74) is 0.00750. The second kappa shape index (κ2) is 4.42. The van der Waals surface area contributed by atoms with Crippen molar-refractivity contribution >= 4 is 0 Å². The first-order chi connectivity index (χ1) is 9.64. The molecule has 1 atom stereocenters. The van der Waals surface area contributed by atoms with E-state index in [1.165, 1.54) is 31.5 Å². The molecule has 0 aromatic carbocycles. The van der Waals surface area contributed by atoms with Gasteiger partial charge in [0.15, 0.2) is 0 Å². The van der Waals surface area contributed by atoms with Crippen LogP contribution in [-0.2, 0) is 6.54 Å². The molecule has 1 aromatic rings. The Labute approximate surface area is 118 Å². The molecule has 4 aliphatic carbocycles. The molecule has 1 heterocycles. The van der Waals surface area contributed by atoms with Crippen LogP contribution in [0.4, 0.5) is 0 Å². The second-order valence-electron chi connectivity index (χ2n) is 7.37. The van der Waals surface area contributed by atoms with Gasteiger partial charge in [-0.05, 0) is 61.7 Å². The first-order valence-electron chi connectivity index (χ1n) is 7.83. The Hall–Kier alpha value is -1.16. The molecule has 4 aliphatic rings. The highest BCUT2D eigenvalue weighted by Crippen LogP contribution is 2.61. The van der Waals surface area contributed by atoms with Gasteiger partial charge in [-0.3, -0.25) is 9.36 Å². The molecule has 0 spiro atoms. The van der Waals surface area contributed by atoms with Crippen LogP contribution < -0.4 is 5.56 Å². The molecule has 4 bridgehead atoms. The number of hydrogen-bond donors (Lipinski definition) is 1. The summed E-state index contributed by atoms with van der Waals surface area (Å²) in [6.45, 7) is 0.402. The second-order valence-corrected chi connectivity index (χ2v) is 7.37. The van der Waals surface area contributed by atoms with E-state index in [1.54, 1.807) is 10.9 Å². The smallest absolute Gasteiger partial charge is 0.253 e. The van der Waals surface area contributed by atoms with Gasteiger partial charge in [-0.2, -0.15) is 0 Å². The van der Waals surface area contributed by atoms with E-state index in [9.17, 15) is 9.90 Å². The van der Waals surface area contributed by atoms with Crippen LogP contribution in [0.2, 0.25) is 0 Å². The minimum atomic E-state index is -0.405. The molecular formula is C16H22N2O2. The quantitative estimate of drug-likeness (QED) is 0.914. The Balaban J connectivity index is 1.58. The lowest BCUT2D eigenvalue weighted by molar-refractivity contribution is -0.124. The number of aliphatic hydroxyl groups excluding tert-OH is 1. The van der Waals surface area contributed by atoms with Gasteiger partial charge in [0.05, 0.1) is 19.0 Å². The van der Waals surface area contributed by atoms with Gasteiger partial charge in [0.25, 0.3) is 5.56 Å². The van der Waals surface area contributed by atoms with Gasteiger partial charge in [0.2, 0.25) is 0 Å². The fourth-order valence-electron chi connectivity index (χ4n) is 5.48. The summed E-state index contributed by atoms with van der Waals surface area (Å²) in [4.78, 5) is 15.8. The summed E-state index contributed by atoms with van der Waals surface area (Å²) >= 11 is 0. The van der Waals surface area contributed by atoms with Gasteiger partial charge in [0, 0.05) is 12.3 Å². The normalized spacial score (nSPS) is 40.0. The highest BCUT2D eigenvalue weighted by molar-refractivity contribution is 5.04. The van der Waals surface area contributed by atoms with E-state index < -0.39 is 6.10 Å². The molecule has 1 unspecified atom stereocenters. The molecule has 1 N–H and O–H groups in total. The van der Waals surface area contributed by atoms with E-state index in [1.807, 2.05) is 0 Å². The van der Waals surface area contributed by atoms with Crippen LogP contribution in [0.5, 0.6) is 0 Å². The predicted octanol–water partition coefficient (Wildman–Crippen LogP) is 1.82. The third-order valence-corrected chi connectivity index (χ3v) is 5.95. The fourth-order valence-corrected chi connectivity index (χ4v) is 5.48. The van der Waals surface area contributed by atoms with Crippen molar-refractivity contribution in [3.05, 3.63) is 28.9 Å². The molecule has 4 saturated carbocycles. The van der Waals surface area contributed by atoms with Crippen LogP contribution >= 0.6 is 0 Å². The van der Waals surface area contributed by atoms with Crippen LogP contribution in [0.15, 0.2) is 23.4 Å². The number of hydrogen-bond acceptors (Lipinski definition) is 3. The molecule has 0 aliphatic heterocycles. The Kier molecular flexibility index (Phi) is 2.78. The molecular weight excluding hydrogens is 252 g/mol. The molecule has 0 saturated heterocycles. The highest BCUT2D eigenvalue weighted by Gasteiger charge is 2.53. The zero-order chi connectivity index (χ0) is 13.7. The van der Waals surface area contributed by atoms with Crippen molar-refractivity contribution in [2.45, 2.75) is 51.2 Å². The lowest BCUT2D eigenvalue weighted by Crippen LogP contribution is -2.53. The third kappa shape index (κ3) is 1.93. The average molecular weight is 274 g/mol. The molecule has 0 amide bonds. The standard InChI is InChI=1S/C16H22N2O2/c19-14(9-18-10-17-2-1-15(18)20)16-6-11-3-12(7-16)5-13(4-11)8-16/h1-2,10-14,19H,3-9H2. The average Bonchev–Trinajstić information content (AvgIpc) is 2.40. The van der Waals surface area contributed by atoms with Gasteiger partial charge in [-0.15, -0.1) is 0 Å². The van der Waals surface area contributed by atoms with Gasteiger partial charge in [-0.25, -0.2) is 4.98 Å². The minimum absolute atomic E-state index is 0.0659. The maximum atomic E-state index is 11.8. The van der Waals surface area contributed by atoms with Gasteiger partial charge >= 0.3 is 0 Å². The molecule has 1 aromatic heterocycles. The van der Waals surface area contributed by atoms with E-state index in [4.69, 9.17) is 0 Å². The van der Waals surface area contributed by atoms with E-state index in [-0.39, 0.29) is 11.0 Å². The summed E-state index contributed by atoms with van der Waals surface area (Å²) in [5, 5.41) is 10.8. The van der Waals surface area contributed by atoms with Crippen molar-refractivity contribution in [2.24, 2.45) is 23.2 Å². The van der Waals surface area contributed by atoms with E-state index >= 15 is 0 Å². The van der Waals surface area contributed by atoms with Crippen molar-refractivity contribution in [2.75, 3.05) is 0 Å². The van der Waals surface area contributed by atoms with Crippen LogP contribution in [-0.4, -0.2) is 20.8 Å². The minimum Gasteiger partial charge on any atom is -0.391 e. The zero-order valence-corrected chi connectivity index (χ0v) is 11.7. The first-order valence-corrected chi connectivity index (χ1v) is 7.83. The van der Waals surface area contributed by atoms with Crippen molar-refractivity contribution < 1.29 is 5.11 Å². The summed E-state index contributed by atoms with van der Waals surface area (Å²) < 4.78 is 1.56. The molecule has 4 heteroatoms. The van der Waals surface area contributed by atoms with Crippen LogP contribution in [0.25, 0.3) is 0 Å².